The number of halogens is 2. The van der Waals surface area contributed by atoms with Gasteiger partial charge in [0.15, 0.2) is 11.6 Å². The van der Waals surface area contributed by atoms with Crippen LogP contribution in [0.2, 0.25) is 0 Å². The highest BCUT2D eigenvalue weighted by Gasteiger charge is 2.20. The molecule has 3 rings (SSSR count). The zero-order valence-electron chi connectivity index (χ0n) is 15.2. The predicted octanol–water partition coefficient (Wildman–Crippen LogP) is 4.03. The SMILES string of the molecule is CCNc1ncc(CN2CCCC(CCc3ccc(F)c(F)c3)C2)cn1. The van der Waals surface area contributed by atoms with Crippen molar-refractivity contribution >= 4 is 5.95 Å². The highest BCUT2D eigenvalue weighted by atomic mass is 19.2. The van der Waals surface area contributed by atoms with Crippen LogP contribution in [0.5, 0.6) is 0 Å². The highest BCUT2D eigenvalue weighted by molar-refractivity contribution is 5.24. The summed E-state index contributed by atoms with van der Waals surface area (Å²) in [7, 11) is 0. The maximum absolute atomic E-state index is 13.3. The van der Waals surface area contributed by atoms with Gasteiger partial charge in [-0.05, 0) is 62.8 Å². The van der Waals surface area contributed by atoms with E-state index in [-0.39, 0.29) is 0 Å². The van der Waals surface area contributed by atoms with E-state index in [0.29, 0.717) is 11.9 Å². The summed E-state index contributed by atoms with van der Waals surface area (Å²) in [5, 5.41) is 3.10. The average molecular weight is 360 g/mol. The summed E-state index contributed by atoms with van der Waals surface area (Å²) >= 11 is 0. The van der Waals surface area contributed by atoms with Crippen molar-refractivity contribution in [3.05, 3.63) is 53.4 Å². The van der Waals surface area contributed by atoms with E-state index in [1.54, 1.807) is 6.07 Å². The monoisotopic (exact) mass is 360 g/mol. The van der Waals surface area contributed by atoms with E-state index in [1.807, 2.05) is 19.3 Å². The molecule has 0 amide bonds. The van der Waals surface area contributed by atoms with Crippen LogP contribution in [0.25, 0.3) is 0 Å². The van der Waals surface area contributed by atoms with Crippen molar-refractivity contribution in [2.24, 2.45) is 5.92 Å². The first-order valence-electron chi connectivity index (χ1n) is 9.35. The largest absolute Gasteiger partial charge is 0.355 e. The van der Waals surface area contributed by atoms with Crippen molar-refractivity contribution in [3.63, 3.8) is 0 Å². The smallest absolute Gasteiger partial charge is 0.222 e. The van der Waals surface area contributed by atoms with E-state index in [4.69, 9.17) is 0 Å². The fourth-order valence-corrected chi connectivity index (χ4v) is 3.54. The molecule has 0 aliphatic carbocycles. The van der Waals surface area contributed by atoms with Crippen LogP contribution in [0, 0.1) is 17.6 Å². The molecule has 26 heavy (non-hydrogen) atoms. The Morgan fingerprint density at radius 1 is 1.15 bits per heavy atom. The summed E-state index contributed by atoms with van der Waals surface area (Å²) in [5.41, 5.74) is 1.99. The first kappa shape index (κ1) is 18.7. The average Bonchev–Trinajstić information content (AvgIpc) is 2.65. The van der Waals surface area contributed by atoms with Gasteiger partial charge in [-0.1, -0.05) is 6.07 Å². The lowest BCUT2D eigenvalue weighted by atomic mass is 9.91. The zero-order chi connectivity index (χ0) is 18.4. The first-order valence-corrected chi connectivity index (χ1v) is 9.35. The van der Waals surface area contributed by atoms with Gasteiger partial charge in [0.05, 0.1) is 0 Å². The molecule has 2 aromatic rings. The summed E-state index contributed by atoms with van der Waals surface area (Å²) in [6.45, 7) is 5.79. The maximum atomic E-state index is 13.3. The second-order valence-electron chi connectivity index (χ2n) is 6.98. The van der Waals surface area contributed by atoms with Crippen molar-refractivity contribution in [1.29, 1.82) is 0 Å². The number of nitrogens with zero attached hydrogens (tertiary/aromatic N) is 3. The van der Waals surface area contributed by atoms with Gasteiger partial charge in [0, 0.05) is 37.6 Å². The van der Waals surface area contributed by atoms with Crippen molar-refractivity contribution < 1.29 is 8.78 Å². The third kappa shape index (κ3) is 5.21. The van der Waals surface area contributed by atoms with Gasteiger partial charge in [-0.3, -0.25) is 4.90 Å². The fraction of sp³-hybridized carbons (Fsp3) is 0.500. The quantitative estimate of drug-likeness (QED) is 0.809. The second kappa shape index (κ2) is 9.03. The number of benzene rings is 1. The Kier molecular flexibility index (Phi) is 6.50. The minimum absolute atomic E-state index is 0.582. The Labute approximate surface area is 153 Å². The minimum Gasteiger partial charge on any atom is -0.355 e. The maximum Gasteiger partial charge on any atom is 0.222 e. The van der Waals surface area contributed by atoms with Crippen LogP contribution >= 0.6 is 0 Å². The Balaban J connectivity index is 1.49. The van der Waals surface area contributed by atoms with Gasteiger partial charge in [-0.15, -0.1) is 0 Å². The lowest BCUT2D eigenvalue weighted by Gasteiger charge is -2.32. The summed E-state index contributed by atoms with van der Waals surface area (Å²) in [6.07, 6.45) is 7.91. The predicted molar refractivity (Wildman–Crippen MR) is 98.9 cm³/mol. The van der Waals surface area contributed by atoms with Gasteiger partial charge >= 0.3 is 0 Å². The van der Waals surface area contributed by atoms with Gasteiger partial charge in [0.1, 0.15) is 0 Å². The molecule has 0 saturated carbocycles. The van der Waals surface area contributed by atoms with E-state index in [1.165, 1.54) is 25.0 Å². The Hall–Kier alpha value is -2.08. The molecule has 2 heterocycles. The number of likely N-dealkylation sites (tertiary alicyclic amines) is 1. The van der Waals surface area contributed by atoms with E-state index < -0.39 is 11.6 Å². The molecular formula is C20H26F2N4. The van der Waals surface area contributed by atoms with Crippen molar-refractivity contribution in [2.45, 2.75) is 39.2 Å². The lowest BCUT2D eigenvalue weighted by molar-refractivity contribution is 0.161. The standard InChI is InChI=1S/C20H26F2N4/c1-2-23-20-24-11-17(12-25-20)14-26-9-3-4-16(13-26)6-5-15-7-8-18(21)19(22)10-15/h7-8,10-12,16H,2-6,9,13-14H2,1H3,(H,23,24,25). The van der Waals surface area contributed by atoms with E-state index in [0.717, 1.165) is 50.1 Å². The summed E-state index contributed by atoms with van der Waals surface area (Å²) in [4.78, 5) is 11.1. The molecule has 0 spiro atoms. The lowest BCUT2D eigenvalue weighted by Crippen LogP contribution is -2.35. The molecule has 1 saturated heterocycles. The van der Waals surface area contributed by atoms with Crippen LogP contribution in [0.3, 0.4) is 0 Å². The molecule has 140 valence electrons. The topological polar surface area (TPSA) is 41.1 Å². The van der Waals surface area contributed by atoms with Crippen LogP contribution in [0.1, 0.15) is 37.3 Å². The highest BCUT2D eigenvalue weighted by Crippen LogP contribution is 2.23. The molecule has 1 aromatic carbocycles. The summed E-state index contributed by atoms with van der Waals surface area (Å²) < 4.78 is 26.4. The second-order valence-corrected chi connectivity index (χ2v) is 6.98. The molecule has 6 heteroatoms. The molecule has 1 aliphatic heterocycles. The van der Waals surface area contributed by atoms with Gasteiger partial charge in [0.25, 0.3) is 0 Å². The first-order chi connectivity index (χ1) is 12.6. The van der Waals surface area contributed by atoms with Crippen LogP contribution in [-0.4, -0.2) is 34.5 Å². The van der Waals surface area contributed by atoms with Gasteiger partial charge in [0.2, 0.25) is 5.95 Å². The third-order valence-corrected chi connectivity index (χ3v) is 4.87. The van der Waals surface area contributed by atoms with Gasteiger partial charge in [-0.2, -0.15) is 0 Å². The summed E-state index contributed by atoms with van der Waals surface area (Å²) in [6, 6.07) is 4.22. The normalized spacial score (nSPS) is 18.0. The molecule has 1 aromatic heterocycles. The Bertz CT molecular complexity index is 705. The van der Waals surface area contributed by atoms with Crippen molar-refractivity contribution in [3.8, 4) is 0 Å². The number of rotatable bonds is 7. The van der Waals surface area contributed by atoms with Crippen molar-refractivity contribution in [2.75, 3.05) is 25.0 Å². The molecule has 1 aliphatic rings. The van der Waals surface area contributed by atoms with Gasteiger partial charge in [-0.25, -0.2) is 18.7 Å². The molecule has 0 radical (unpaired) electrons. The number of anilines is 1. The van der Waals surface area contributed by atoms with E-state index >= 15 is 0 Å². The van der Waals surface area contributed by atoms with Crippen LogP contribution in [-0.2, 0) is 13.0 Å². The van der Waals surface area contributed by atoms with E-state index in [2.05, 4.69) is 20.2 Å². The molecule has 1 unspecified atom stereocenters. The minimum atomic E-state index is -0.778. The number of piperidine rings is 1. The fourth-order valence-electron chi connectivity index (χ4n) is 3.54. The van der Waals surface area contributed by atoms with Crippen molar-refractivity contribution in [1.82, 2.24) is 14.9 Å². The number of aromatic nitrogens is 2. The van der Waals surface area contributed by atoms with E-state index in [9.17, 15) is 8.78 Å². The number of hydrogen-bond donors (Lipinski definition) is 1. The molecule has 0 bridgehead atoms. The number of aryl methyl sites for hydroxylation is 1. The number of hydrogen-bond acceptors (Lipinski definition) is 4. The summed E-state index contributed by atoms with van der Waals surface area (Å²) in [5.74, 6) is -0.285. The third-order valence-electron chi connectivity index (χ3n) is 4.87. The Morgan fingerprint density at radius 2 is 1.96 bits per heavy atom. The number of nitrogens with one attached hydrogen (secondary N) is 1. The van der Waals surface area contributed by atoms with Gasteiger partial charge < -0.3 is 5.32 Å². The van der Waals surface area contributed by atoms with Crippen LogP contribution in [0.15, 0.2) is 30.6 Å². The van der Waals surface area contributed by atoms with Crippen LogP contribution < -0.4 is 5.32 Å². The molecule has 1 atom stereocenters. The molecule has 1 fully saturated rings. The Morgan fingerprint density at radius 3 is 2.69 bits per heavy atom. The molecule has 4 nitrogen and oxygen atoms in total. The van der Waals surface area contributed by atoms with Crippen LogP contribution in [0.4, 0.5) is 14.7 Å². The molecule has 1 N–H and O–H groups in total. The zero-order valence-corrected chi connectivity index (χ0v) is 15.2. The molecular weight excluding hydrogens is 334 g/mol.